The maximum absolute atomic E-state index is 12.5. The number of anilines is 1. The van der Waals surface area contributed by atoms with Gasteiger partial charge in [-0.2, -0.15) is 4.37 Å². The fourth-order valence-corrected chi connectivity index (χ4v) is 3.98. The van der Waals surface area contributed by atoms with E-state index in [-0.39, 0.29) is 18.2 Å². The van der Waals surface area contributed by atoms with Gasteiger partial charge in [0.25, 0.3) is 0 Å². The van der Waals surface area contributed by atoms with Crippen LogP contribution in [-0.4, -0.2) is 31.7 Å². The van der Waals surface area contributed by atoms with Crippen molar-refractivity contribution in [1.29, 1.82) is 0 Å². The number of carboxylic acids is 1. The molecule has 1 amide bonds. The van der Waals surface area contributed by atoms with Gasteiger partial charge in [0, 0.05) is 5.56 Å². The Kier molecular flexibility index (Phi) is 6.45. The molecule has 9 nitrogen and oxygen atoms in total. The first-order chi connectivity index (χ1) is 15.9. The van der Waals surface area contributed by atoms with E-state index >= 15 is 0 Å². The minimum Gasteiger partial charge on any atom is -0.481 e. The second-order valence-electron chi connectivity index (χ2n) is 7.20. The van der Waals surface area contributed by atoms with Crippen LogP contribution in [0, 0.1) is 6.92 Å². The standard InChI is InChI=1S/C23H20N4O5S/c1-13-20(24-23(30)31-14(2)15-6-4-3-5-7-15)21(33-27-13)16-8-10-17(11-9-16)22-26-25-18(32-22)12-19(28)29/h3-11,14H,12H2,1-2H3,(H,24,30)(H,28,29). The molecular formula is C23H20N4O5S. The molecule has 4 aromatic rings. The van der Waals surface area contributed by atoms with Crippen LogP contribution >= 0.6 is 11.5 Å². The highest BCUT2D eigenvalue weighted by Gasteiger charge is 2.19. The van der Waals surface area contributed by atoms with Crippen molar-refractivity contribution in [3.63, 3.8) is 0 Å². The number of aromatic nitrogens is 3. The molecule has 2 heterocycles. The van der Waals surface area contributed by atoms with Crippen molar-refractivity contribution >= 4 is 29.3 Å². The molecule has 0 aliphatic carbocycles. The Morgan fingerprint density at radius 1 is 1.09 bits per heavy atom. The van der Waals surface area contributed by atoms with Gasteiger partial charge < -0.3 is 14.3 Å². The highest BCUT2D eigenvalue weighted by Crippen LogP contribution is 2.36. The topological polar surface area (TPSA) is 127 Å². The number of ether oxygens (including phenoxy) is 1. The number of hydrogen-bond donors (Lipinski definition) is 2. The quantitative estimate of drug-likeness (QED) is 0.386. The Bertz CT molecular complexity index is 1270. The third-order valence-corrected chi connectivity index (χ3v) is 5.79. The second kappa shape index (κ2) is 9.61. The number of nitrogens with one attached hydrogen (secondary N) is 1. The first-order valence-electron chi connectivity index (χ1n) is 10.0. The molecule has 2 N–H and O–H groups in total. The van der Waals surface area contributed by atoms with Gasteiger partial charge in [0.1, 0.15) is 12.5 Å². The largest absolute Gasteiger partial charge is 0.481 e. The molecule has 2 aromatic carbocycles. The molecule has 2 aromatic heterocycles. The number of carbonyl (C=O) groups is 2. The van der Waals surface area contributed by atoms with Crippen LogP contribution in [0.15, 0.2) is 59.0 Å². The molecule has 0 aliphatic rings. The van der Waals surface area contributed by atoms with Crippen LogP contribution in [0.4, 0.5) is 10.5 Å². The Hall–Kier alpha value is -4.05. The van der Waals surface area contributed by atoms with Crippen LogP contribution in [0.25, 0.3) is 21.9 Å². The van der Waals surface area contributed by atoms with E-state index in [1.54, 1.807) is 12.1 Å². The zero-order valence-electron chi connectivity index (χ0n) is 17.8. The van der Waals surface area contributed by atoms with Crippen LogP contribution in [0.3, 0.4) is 0 Å². The van der Waals surface area contributed by atoms with Crippen molar-refractivity contribution in [2.45, 2.75) is 26.4 Å². The molecule has 10 heteroatoms. The molecule has 0 saturated heterocycles. The molecule has 168 valence electrons. The minimum absolute atomic E-state index is 0.0365. The van der Waals surface area contributed by atoms with E-state index in [1.807, 2.05) is 56.3 Å². The molecule has 0 spiro atoms. The van der Waals surface area contributed by atoms with E-state index in [9.17, 15) is 9.59 Å². The summed E-state index contributed by atoms with van der Waals surface area (Å²) in [5.41, 5.74) is 3.64. The Labute approximate surface area is 193 Å². The predicted octanol–water partition coefficient (Wildman–Crippen LogP) is 5.11. The fourth-order valence-electron chi connectivity index (χ4n) is 3.13. The van der Waals surface area contributed by atoms with E-state index in [2.05, 4.69) is 19.9 Å². The summed E-state index contributed by atoms with van der Waals surface area (Å²) in [6.07, 6.45) is -1.30. The number of amides is 1. The van der Waals surface area contributed by atoms with E-state index in [1.165, 1.54) is 11.5 Å². The minimum atomic E-state index is -1.04. The van der Waals surface area contributed by atoms with Crippen molar-refractivity contribution in [3.8, 4) is 21.9 Å². The number of aliphatic carboxylic acids is 1. The molecule has 1 unspecified atom stereocenters. The Balaban J connectivity index is 1.48. The summed E-state index contributed by atoms with van der Waals surface area (Å²) >= 11 is 1.26. The van der Waals surface area contributed by atoms with E-state index in [0.29, 0.717) is 16.9 Å². The number of aryl methyl sites for hydroxylation is 1. The van der Waals surface area contributed by atoms with Crippen molar-refractivity contribution < 1.29 is 23.8 Å². The van der Waals surface area contributed by atoms with Gasteiger partial charge >= 0.3 is 12.1 Å². The van der Waals surface area contributed by atoms with Gasteiger partial charge in [-0.15, -0.1) is 10.2 Å². The lowest BCUT2D eigenvalue weighted by Crippen LogP contribution is -2.16. The maximum atomic E-state index is 12.5. The van der Waals surface area contributed by atoms with Crippen molar-refractivity contribution in [1.82, 2.24) is 14.6 Å². The van der Waals surface area contributed by atoms with Gasteiger partial charge in [0.05, 0.1) is 16.3 Å². The zero-order valence-corrected chi connectivity index (χ0v) is 18.6. The van der Waals surface area contributed by atoms with Crippen molar-refractivity contribution in [2.75, 3.05) is 5.32 Å². The van der Waals surface area contributed by atoms with Gasteiger partial charge in [-0.1, -0.05) is 42.5 Å². The van der Waals surface area contributed by atoms with Crippen LogP contribution in [0.2, 0.25) is 0 Å². The number of hydrogen-bond acceptors (Lipinski definition) is 8. The number of carbonyl (C=O) groups excluding carboxylic acids is 1. The Morgan fingerprint density at radius 2 is 1.79 bits per heavy atom. The first-order valence-corrected chi connectivity index (χ1v) is 10.8. The number of rotatable bonds is 7. The smallest absolute Gasteiger partial charge is 0.412 e. The highest BCUT2D eigenvalue weighted by molar-refractivity contribution is 7.10. The zero-order chi connectivity index (χ0) is 23.4. The lowest BCUT2D eigenvalue weighted by molar-refractivity contribution is -0.136. The van der Waals surface area contributed by atoms with Crippen LogP contribution in [0.1, 0.15) is 30.2 Å². The SMILES string of the molecule is Cc1nsc(-c2ccc(-c3nnc(CC(=O)O)o3)cc2)c1NC(=O)OC(C)c1ccccc1. The summed E-state index contributed by atoms with van der Waals surface area (Å²) in [7, 11) is 0. The van der Waals surface area contributed by atoms with Crippen LogP contribution in [-0.2, 0) is 16.0 Å². The molecule has 0 saturated carbocycles. The highest BCUT2D eigenvalue weighted by atomic mass is 32.1. The predicted molar refractivity (Wildman–Crippen MR) is 122 cm³/mol. The summed E-state index contributed by atoms with van der Waals surface area (Å²) in [5.74, 6) is -0.776. The molecule has 0 bridgehead atoms. The lowest BCUT2D eigenvalue weighted by Gasteiger charge is -2.14. The van der Waals surface area contributed by atoms with Crippen LogP contribution < -0.4 is 5.32 Å². The normalized spacial score (nSPS) is 11.7. The lowest BCUT2D eigenvalue weighted by atomic mass is 10.1. The van der Waals surface area contributed by atoms with Gasteiger partial charge in [0.15, 0.2) is 0 Å². The summed E-state index contributed by atoms with van der Waals surface area (Å²) in [4.78, 5) is 24.1. The maximum Gasteiger partial charge on any atom is 0.412 e. The number of carboxylic acid groups (broad SMARTS) is 1. The number of nitrogens with zero attached hydrogens (tertiary/aromatic N) is 3. The van der Waals surface area contributed by atoms with Gasteiger partial charge in [-0.05, 0) is 48.6 Å². The molecular weight excluding hydrogens is 444 g/mol. The average molecular weight is 465 g/mol. The molecule has 0 fully saturated rings. The molecule has 33 heavy (non-hydrogen) atoms. The van der Waals surface area contributed by atoms with Gasteiger partial charge in [0.2, 0.25) is 11.8 Å². The summed E-state index contributed by atoms with van der Waals surface area (Å²) < 4.78 is 15.3. The number of benzene rings is 2. The van der Waals surface area contributed by atoms with E-state index < -0.39 is 18.2 Å². The van der Waals surface area contributed by atoms with Gasteiger partial charge in [-0.3, -0.25) is 10.1 Å². The summed E-state index contributed by atoms with van der Waals surface area (Å²) in [5, 5.41) is 19.3. The average Bonchev–Trinajstić information content (AvgIpc) is 3.41. The van der Waals surface area contributed by atoms with Gasteiger partial charge in [-0.25, -0.2) is 4.79 Å². The van der Waals surface area contributed by atoms with E-state index in [4.69, 9.17) is 14.3 Å². The molecule has 0 radical (unpaired) electrons. The molecule has 4 rings (SSSR count). The first kappa shape index (κ1) is 22.2. The fraction of sp³-hybridized carbons (Fsp3) is 0.174. The molecule has 0 aliphatic heterocycles. The third kappa shape index (κ3) is 5.24. The van der Waals surface area contributed by atoms with Crippen molar-refractivity contribution in [3.05, 3.63) is 71.7 Å². The van der Waals surface area contributed by atoms with E-state index in [0.717, 1.165) is 16.0 Å². The van der Waals surface area contributed by atoms with Crippen LogP contribution in [0.5, 0.6) is 0 Å². The summed E-state index contributed by atoms with van der Waals surface area (Å²) in [6, 6.07) is 16.7. The second-order valence-corrected chi connectivity index (χ2v) is 7.98. The molecule has 1 atom stereocenters. The Morgan fingerprint density at radius 3 is 2.48 bits per heavy atom. The van der Waals surface area contributed by atoms with Crippen molar-refractivity contribution in [2.24, 2.45) is 0 Å². The third-order valence-electron chi connectivity index (χ3n) is 4.81. The monoisotopic (exact) mass is 464 g/mol. The summed E-state index contributed by atoms with van der Waals surface area (Å²) in [6.45, 7) is 3.62.